The number of carbonyl (C=O) groups excluding carboxylic acids is 1. The molecular formula is C14H19N3O2. The third kappa shape index (κ3) is 2.51. The summed E-state index contributed by atoms with van der Waals surface area (Å²) in [5, 5.41) is 3.16. The molecule has 1 saturated heterocycles. The van der Waals surface area contributed by atoms with Crippen molar-refractivity contribution in [1.82, 2.24) is 10.2 Å². The lowest BCUT2D eigenvalue weighted by atomic mass is 10.0. The first-order valence-electron chi connectivity index (χ1n) is 6.70. The van der Waals surface area contributed by atoms with Crippen LogP contribution in [-0.2, 0) is 10.3 Å². The van der Waals surface area contributed by atoms with Gasteiger partial charge in [0, 0.05) is 18.8 Å². The van der Waals surface area contributed by atoms with E-state index in [0.717, 1.165) is 24.1 Å². The Morgan fingerprint density at radius 2 is 2.05 bits per heavy atom. The third-order valence-corrected chi connectivity index (χ3v) is 3.83. The fourth-order valence-electron chi connectivity index (χ4n) is 2.50. The summed E-state index contributed by atoms with van der Waals surface area (Å²) in [5.41, 5.74) is 7.46. The van der Waals surface area contributed by atoms with Gasteiger partial charge in [-0.05, 0) is 30.5 Å². The van der Waals surface area contributed by atoms with Crippen LogP contribution in [0.1, 0.15) is 18.4 Å². The van der Waals surface area contributed by atoms with Crippen molar-refractivity contribution in [3.63, 3.8) is 0 Å². The van der Waals surface area contributed by atoms with Gasteiger partial charge in [0.2, 0.25) is 0 Å². The summed E-state index contributed by atoms with van der Waals surface area (Å²) in [4.78, 5) is 14.1. The van der Waals surface area contributed by atoms with Crippen LogP contribution in [0, 0.1) is 0 Å². The summed E-state index contributed by atoms with van der Waals surface area (Å²) >= 11 is 0. The Balaban J connectivity index is 1.70. The van der Waals surface area contributed by atoms with Gasteiger partial charge in [0.1, 0.15) is 0 Å². The van der Waals surface area contributed by atoms with Gasteiger partial charge in [-0.15, -0.1) is 0 Å². The van der Waals surface area contributed by atoms with Crippen molar-refractivity contribution in [3.05, 3.63) is 29.8 Å². The molecule has 1 aromatic rings. The number of carbonyl (C=O) groups is 1. The van der Waals surface area contributed by atoms with Gasteiger partial charge < -0.3 is 20.7 Å². The van der Waals surface area contributed by atoms with Gasteiger partial charge >= 0.3 is 6.03 Å². The molecular weight excluding hydrogens is 242 g/mol. The predicted octanol–water partition coefficient (Wildman–Crippen LogP) is 1.30. The molecule has 0 radical (unpaired) electrons. The summed E-state index contributed by atoms with van der Waals surface area (Å²) in [6.07, 6.45) is 1.96. The highest BCUT2D eigenvalue weighted by Crippen LogP contribution is 2.46. The first-order chi connectivity index (χ1) is 9.20. The van der Waals surface area contributed by atoms with Crippen LogP contribution < -0.4 is 11.1 Å². The molecule has 1 heterocycles. The van der Waals surface area contributed by atoms with E-state index in [1.54, 1.807) is 0 Å². The molecule has 3 N–H and O–H groups in total. The number of nitrogens with one attached hydrogen (secondary N) is 1. The van der Waals surface area contributed by atoms with E-state index in [-0.39, 0.29) is 11.6 Å². The lowest BCUT2D eigenvalue weighted by Crippen LogP contribution is -2.49. The second-order valence-electron chi connectivity index (χ2n) is 5.24. The van der Waals surface area contributed by atoms with Gasteiger partial charge in [0.15, 0.2) is 0 Å². The Labute approximate surface area is 112 Å². The maximum Gasteiger partial charge on any atom is 0.318 e. The van der Waals surface area contributed by atoms with Gasteiger partial charge in [0.25, 0.3) is 0 Å². The topological polar surface area (TPSA) is 67.6 Å². The van der Waals surface area contributed by atoms with E-state index in [1.165, 1.54) is 0 Å². The molecule has 0 bridgehead atoms. The molecule has 19 heavy (non-hydrogen) atoms. The minimum atomic E-state index is -0.204. The summed E-state index contributed by atoms with van der Waals surface area (Å²) < 4.78 is 5.26. The first kappa shape index (κ1) is 12.3. The molecule has 5 nitrogen and oxygen atoms in total. The molecule has 2 aliphatic rings. The molecule has 1 saturated carbocycles. The van der Waals surface area contributed by atoms with Crippen LogP contribution in [0.5, 0.6) is 0 Å². The largest absolute Gasteiger partial charge is 0.399 e. The Kier molecular flexibility index (Phi) is 3.06. The van der Waals surface area contributed by atoms with Gasteiger partial charge in [-0.1, -0.05) is 12.1 Å². The van der Waals surface area contributed by atoms with E-state index in [0.29, 0.717) is 26.3 Å². The summed E-state index contributed by atoms with van der Waals surface area (Å²) in [6, 6.07) is 7.79. The number of nitrogen functional groups attached to an aromatic ring is 1. The fourth-order valence-corrected chi connectivity index (χ4v) is 2.50. The average Bonchev–Trinajstić information content (AvgIpc) is 3.21. The monoisotopic (exact) mass is 261 g/mol. The summed E-state index contributed by atoms with van der Waals surface area (Å²) in [7, 11) is 0. The number of amides is 2. The minimum Gasteiger partial charge on any atom is -0.399 e. The van der Waals surface area contributed by atoms with Crippen LogP contribution in [0.4, 0.5) is 10.5 Å². The molecule has 1 aliphatic heterocycles. The van der Waals surface area contributed by atoms with Crippen LogP contribution >= 0.6 is 0 Å². The van der Waals surface area contributed by atoms with Crippen molar-refractivity contribution in [2.45, 2.75) is 18.4 Å². The SMILES string of the molecule is Nc1cccc(C2(NC(=O)N3CCOCC3)CC2)c1. The number of anilines is 1. The molecule has 0 spiro atoms. The summed E-state index contributed by atoms with van der Waals surface area (Å²) in [6.45, 7) is 2.58. The second kappa shape index (κ2) is 4.74. The van der Waals surface area contributed by atoms with E-state index >= 15 is 0 Å². The Bertz CT molecular complexity index is 479. The quantitative estimate of drug-likeness (QED) is 0.788. The Morgan fingerprint density at radius 3 is 2.68 bits per heavy atom. The lowest BCUT2D eigenvalue weighted by molar-refractivity contribution is 0.0522. The molecule has 0 aromatic heterocycles. The van der Waals surface area contributed by atoms with E-state index in [2.05, 4.69) is 5.32 Å². The van der Waals surface area contributed by atoms with E-state index in [4.69, 9.17) is 10.5 Å². The van der Waals surface area contributed by atoms with Crippen LogP contribution in [0.25, 0.3) is 0 Å². The Morgan fingerprint density at radius 1 is 1.32 bits per heavy atom. The van der Waals surface area contributed by atoms with Crippen molar-refractivity contribution in [1.29, 1.82) is 0 Å². The molecule has 2 amide bonds. The predicted molar refractivity (Wildman–Crippen MR) is 72.7 cm³/mol. The van der Waals surface area contributed by atoms with Gasteiger partial charge in [0.05, 0.1) is 18.8 Å². The van der Waals surface area contributed by atoms with E-state index < -0.39 is 0 Å². The van der Waals surface area contributed by atoms with Gasteiger partial charge in [-0.25, -0.2) is 4.79 Å². The molecule has 3 rings (SSSR count). The van der Waals surface area contributed by atoms with Crippen molar-refractivity contribution in [3.8, 4) is 0 Å². The third-order valence-electron chi connectivity index (χ3n) is 3.83. The number of urea groups is 1. The van der Waals surface area contributed by atoms with Gasteiger partial charge in [-0.3, -0.25) is 0 Å². The summed E-state index contributed by atoms with van der Waals surface area (Å²) in [5.74, 6) is 0. The highest BCUT2D eigenvalue weighted by atomic mass is 16.5. The van der Waals surface area contributed by atoms with Crippen molar-refractivity contribution in [2.75, 3.05) is 32.0 Å². The maximum atomic E-state index is 12.2. The van der Waals surface area contributed by atoms with Crippen molar-refractivity contribution >= 4 is 11.7 Å². The molecule has 102 valence electrons. The van der Waals surface area contributed by atoms with E-state index in [1.807, 2.05) is 29.2 Å². The highest BCUT2D eigenvalue weighted by molar-refractivity contribution is 5.76. The molecule has 5 heteroatoms. The number of nitrogens with zero attached hydrogens (tertiary/aromatic N) is 1. The molecule has 0 unspecified atom stereocenters. The minimum absolute atomic E-state index is 0.00299. The number of nitrogens with two attached hydrogens (primary N) is 1. The number of ether oxygens (including phenoxy) is 1. The normalized spacial score (nSPS) is 20.9. The smallest absolute Gasteiger partial charge is 0.318 e. The Hall–Kier alpha value is -1.75. The zero-order valence-electron chi connectivity index (χ0n) is 10.9. The number of rotatable bonds is 2. The highest BCUT2D eigenvalue weighted by Gasteiger charge is 2.46. The van der Waals surface area contributed by atoms with Crippen LogP contribution in [0.15, 0.2) is 24.3 Å². The fraction of sp³-hybridized carbons (Fsp3) is 0.500. The number of hydrogen-bond donors (Lipinski definition) is 2. The van der Waals surface area contributed by atoms with E-state index in [9.17, 15) is 4.79 Å². The zero-order chi connectivity index (χ0) is 13.3. The molecule has 1 aliphatic carbocycles. The lowest BCUT2D eigenvalue weighted by Gasteiger charge is -2.29. The number of morpholine rings is 1. The number of benzene rings is 1. The average molecular weight is 261 g/mol. The van der Waals surface area contributed by atoms with Crippen LogP contribution in [0.3, 0.4) is 0 Å². The number of hydrogen-bond acceptors (Lipinski definition) is 3. The molecule has 1 aromatic carbocycles. The second-order valence-corrected chi connectivity index (χ2v) is 5.24. The van der Waals surface area contributed by atoms with Gasteiger partial charge in [-0.2, -0.15) is 0 Å². The van der Waals surface area contributed by atoms with Crippen LogP contribution in [0.2, 0.25) is 0 Å². The first-order valence-corrected chi connectivity index (χ1v) is 6.70. The standard InChI is InChI=1S/C14H19N3O2/c15-12-3-1-2-11(10-12)14(4-5-14)16-13(18)17-6-8-19-9-7-17/h1-3,10H,4-9,15H2,(H,16,18). The zero-order valence-corrected chi connectivity index (χ0v) is 10.9. The molecule has 0 atom stereocenters. The molecule has 2 fully saturated rings. The van der Waals surface area contributed by atoms with Crippen LogP contribution in [-0.4, -0.2) is 37.2 Å². The maximum absolute atomic E-state index is 12.2. The van der Waals surface area contributed by atoms with Crippen molar-refractivity contribution in [2.24, 2.45) is 0 Å². The van der Waals surface area contributed by atoms with Crippen molar-refractivity contribution < 1.29 is 9.53 Å².